The molecule has 0 unspecified atom stereocenters. The minimum absolute atomic E-state index is 0.714. The zero-order chi connectivity index (χ0) is 9.10. The van der Waals surface area contributed by atoms with E-state index in [2.05, 4.69) is 22.0 Å². The fraction of sp³-hybridized carbons (Fsp3) is 0.300. The van der Waals surface area contributed by atoms with Gasteiger partial charge in [0, 0.05) is 12.7 Å². The fourth-order valence-electron chi connectivity index (χ4n) is 1.43. The summed E-state index contributed by atoms with van der Waals surface area (Å²) >= 11 is 0. The maximum absolute atomic E-state index is 5.35. The lowest BCUT2D eigenvalue weighted by atomic mass is 10.3. The van der Waals surface area contributed by atoms with Crippen LogP contribution in [-0.2, 0) is 4.74 Å². The Morgan fingerprint density at radius 3 is 2.77 bits per heavy atom. The van der Waals surface area contributed by atoms with Crippen molar-refractivity contribution < 1.29 is 4.74 Å². The normalized spacial score (nSPS) is 19.2. The van der Waals surface area contributed by atoms with Crippen LogP contribution in [-0.4, -0.2) is 26.2 Å². The van der Waals surface area contributed by atoms with E-state index in [1.165, 1.54) is 0 Å². The van der Waals surface area contributed by atoms with Crippen molar-refractivity contribution in [1.29, 1.82) is 0 Å². The van der Waals surface area contributed by atoms with Crippen LogP contribution in [0.2, 0.25) is 0 Å². The van der Waals surface area contributed by atoms with Crippen LogP contribution in [0.15, 0.2) is 35.3 Å². The van der Waals surface area contributed by atoms with Crippen LogP contribution in [0.1, 0.15) is 0 Å². The van der Waals surface area contributed by atoms with E-state index in [4.69, 9.17) is 4.74 Å². The van der Waals surface area contributed by atoms with Crippen LogP contribution in [0.4, 0.5) is 5.69 Å². The monoisotopic (exact) mass is 176 g/mol. The third-order valence-corrected chi connectivity index (χ3v) is 2.04. The lowest BCUT2D eigenvalue weighted by molar-refractivity contribution is 0.352. The highest BCUT2D eigenvalue weighted by atomic mass is 16.5. The molecule has 0 N–H and O–H groups in total. The van der Waals surface area contributed by atoms with Crippen molar-refractivity contribution in [3.05, 3.63) is 30.3 Å². The number of hydrogen-bond donors (Lipinski definition) is 0. The number of amidine groups is 1. The van der Waals surface area contributed by atoms with Gasteiger partial charge in [0.2, 0.25) is 0 Å². The number of hydrogen-bond acceptors (Lipinski definition) is 2. The highest BCUT2D eigenvalue weighted by Crippen LogP contribution is 2.17. The first-order valence-electron chi connectivity index (χ1n) is 4.34. The van der Waals surface area contributed by atoms with Crippen LogP contribution in [0.3, 0.4) is 0 Å². The van der Waals surface area contributed by atoms with E-state index >= 15 is 0 Å². The first-order valence-corrected chi connectivity index (χ1v) is 4.34. The average Bonchev–Trinajstić information content (AvgIpc) is 2.67. The van der Waals surface area contributed by atoms with Crippen LogP contribution in [0, 0.1) is 0 Å². The van der Waals surface area contributed by atoms with Crippen LogP contribution < -0.4 is 4.90 Å². The maximum Gasteiger partial charge on any atom is 0.291 e. The van der Waals surface area contributed by atoms with Crippen molar-refractivity contribution in [1.82, 2.24) is 0 Å². The summed E-state index contributed by atoms with van der Waals surface area (Å²) in [6.07, 6.45) is 0. The van der Waals surface area contributed by atoms with Crippen molar-refractivity contribution in [3.8, 4) is 0 Å². The highest BCUT2D eigenvalue weighted by molar-refractivity contribution is 5.93. The van der Waals surface area contributed by atoms with Crippen molar-refractivity contribution in [2.45, 2.75) is 0 Å². The maximum atomic E-state index is 5.35. The molecule has 2 rings (SSSR count). The second-order valence-electron chi connectivity index (χ2n) is 2.84. The molecule has 1 aliphatic heterocycles. The zero-order valence-corrected chi connectivity index (χ0v) is 7.60. The van der Waals surface area contributed by atoms with E-state index < -0.39 is 0 Å². The number of anilines is 1. The third kappa shape index (κ3) is 1.49. The Kier molecular flexibility index (Phi) is 2.17. The molecule has 0 spiro atoms. The molecule has 1 aromatic rings. The summed E-state index contributed by atoms with van der Waals surface area (Å²) in [6, 6.07) is 10.9. The predicted molar refractivity (Wildman–Crippen MR) is 53.1 cm³/mol. The van der Waals surface area contributed by atoms with Crippen LogP contribution in [0.5, 0.6) is 0 Å². The van der Waals surface area contributed by atoms with Gasteiger partial charge in [0.15, 0.2) is 0 Å². The molecule has 13 heavy (non-hydrogen) atoms. The van der Waals surface area contributed by atoms with Gasteiger partial charge in [-0.15, -0.1) is 0 Å². The lowest BCUT2D eigenvalue weighted by Crippen LogP contribution is -2.24. The Morgan fingerprint density at radius 2 is 2.08 bits per heavy atom. The molecule has 0 aromatic heterocycles. The second-order valence-corrected chi connectivity index (χ2v) is 2.84. The van der Waals surface area contributed by atoms with Crippen molar-refractivity contribution in [2.24, 2.45) is 4.99 Å². The van der Waals surface area contributed by atoms with Gasteiger partial charge < -0.3 is 4.74 Å². The number of aliphatic imine (C=N–C) groups is 1. The van der Waals surface area contributed by atoms with Crippen molar-refractivity contribution in [2.75, 3.05) is 25.1 Å². The molecular formula is C10H12N2O. The molecule has 3 heteroatoms. The summed E-state index contributed by atoms with van der Waals surface area (Å²) in [5.74, 6) is 0. The van der Waals surface area contributed by atoms with E-state index in [1.807, 2.05) is 18.2 Å². The summed E-state index contributed by atoms with van der Waals surface area (Å²) in [6.45, 7) is 1.61. The first kappa shape index (κ1) is 8.10. The summed E-state index contributed by atoms with van der Waals surface area (Å²) < 4.78 is 5.35. The largest absolute Gasteiger partial charge is 0.463 e. The molecule has 1 aliphatic rings. The molecule has 0 saturated carbocycles. The Morgan fingerprint density at radius 1 is 1.31 bits per heavy atom. The van der Waals surface area contributed by atoms with Gasteiger partial charge in [-0.05, 0) is 12.1 Å². The third-order valence-electron chi connectivity index (χ3n) is 2.04. The number of para-hydroxylation sites is 1. The van der Waals surface area contributed by atoms with Gasteiger partial charge in [-0.3, -0.25) is 4.90 Å². The van der Waals surface area contributed by atoms with E-state index in [-0.39, 0.29) is 0 Å². The van der Waals surface area contributed by atoms with Gasteiger partial charge in [-0.2, -0.15) is 0 Å². The summed E-state index contributed by atoms with van der Waals surface area (Å²) in [7, 11) is 1.75. The van der Waals surface area contributed by atoms with Gasteiger partial charge in [-0.1, -0.05) is 18.2 Å². The van der Waals surface area contributed by atoms with E-state index in [1.54, 1.807) is 7.05 Å². The summed E-state index contributed by atoms with van der Waals surface area (Å²) in [5.41, 5.74) is 1.14. The number of rotatable bonds is 1. The number of ether oxygens (including phenoxy) is 1. The Hall–Kier alpha value is -1.51. The van der Waals surface area contributed by atoms with Gasteiger partial charge in [0.1, 0.15) is 6.61 Å². The highest BCUT2D eigenvalue weighted by Gasteiger charge is 2.20. The zero-order valence-electron chi connectivity index (χ0n) is 7.60. The Bertz CT molecular complexity index is 308. The Balaban J connectivity index is 2.27. The molecule has 0 aliphatic carbocycles. The molecule has 1 aromatic carbocycles. The molecule has 68 valence electrons. The molecule has 1 saturated heterocycles. The second kappa shape index (κ2) is 3.47. The molecule has 0 radical (unpaired) electrons. The van der Waals surface area contributed by atoms with E-state index in [0.717, 1.165) is 18.8 Å². The molecule has 0 bridgehead atoms. The molecule has 0 amide bonds. The quantitative estimate of drug-likeness (QED) is 0.648. The summed E-state index contributed by atoms with van der Waals surface area (Å²) in [4.78, 5) is 6.14. The molecular weight excluding hydrogens is 164 g/mol. The van der Waals surface area contributed by atoms with Crippen molar-refractivity contribution >= 4 is 11.7 Å². The standard InChI is InChI=1S/C10H12N2O/c1-11-10-12(7-8-13-10)9-5-3-2-4-6-9/h2-6H,7-8H2,1H3. The van der Waals surface area contributed by atoms with Gasteiger partial charge in [-0.25, -0.2) is 4.99 Å². The van der Waals surface area contributed by atoms with Crippen molar-refractivity contribution in [3.63, 3.8) is 0 Å². The average molecular weight is 176 g/mol. The van der Waals surface area contributed by atoms with E-state index in [9.17, 15) is 0 Å². The molecule has 3 nitrogen and oxygen atoms in total. The smallest absolute Gasteiger partial charge is 0.291 e. The van der Waals surface area contributed by atoms with Crippen LogP contribution >= 0.6 is 0 Å². The van der Waals surface area contributed by atoms with Crippen LogP contribution in [0.25, 0.3) is 0 Å². The fourth-order valence-corrected chi connectivity index (χ4v) is 1.43. The molecule has 1 heterocycles. The SMILES string of the molecule is CN=C1OCCN1c1ccccc1. The molecule has 0 atom stereocenters. The number of nitrogens with zero attached hydrogens (tertiary/aromatic N) is 2. The van der Waals surface area contributed by atoms with Gasteiger partial charge in [0.25, 0.3) is 6.02 Å². The first-order chi connectivity index (χ1) is 6.42. The lowest BCUT2D eigenvalue weighted by Gasteiger charge is -2.14. The van der Waals surface area contributed by atoms with Gasteiger partial charge >= 0.3 is 0 Å². The predicted octanol–water partition coefficient (Wildman–Crippen LogP) is 1.51. The Labute approximate surface area is 77.7 Å². The number of benzene rings is 1. The molecule has 1 fully saturated rings. The summed E-state index contributed by atoms with van der Waals surface area (Å²) in [5, 5.41) is 0. The topological polar surface area (TPSA) is 24.8 Å². The van der Waals surface area contributed by atoms with E-state index in [0.29, 0.717) is 6.02 Å². The minimum Gasteiger partial charge on any atom is -0.463 e. The van der Waals surface area contributed by atoms with Gasteiger partial charge in [0.05, 0.1) is 6.54 Å². The minimum atomic E-state index is 0.714.